The van der Waals surface area contributed by atoms with E-state index in [1.165, 1.54) is 18.7 Å². The lowest BCUT2D eigenvalue weighted by Gasteiger charge is -2.09. The van der Waals surface area contributed by atoms with Gasteiger partial charge in [0.2, 0.25) is 11.8 Å². The Labute approximate surface area is 183 Å². The molecule has 0 radical (unpaired) electrons. The normalized spacial score (nSPS) is 10.6. The number of nitrogens with zero attached hydrogens (tertiary/aromatic N) is 2. The molecule has 2 amide bonds. The van der Waals surface area contributed by atoms with Crippen LogP contribution in [0.1, 0.15) is 18.2 Å². The van der Waals surface area contributed by atoms with E-state index < -0.39 is 0 Å². The number of aliphatic hydroxyl groups excluding tert-OH is 1. The Hall–Kier alpha value is -2.81. The number of aliphatic hydroxyl groups is 1. The summed E-state index contributed by atoms with van der Waals surface area (Å²) in [6, 6.07) is 14.4. The molecule has 0 saturated heterocycles. The minimum atomic E-state index is -0.182. The molecule has 0 unspecified atom stereocenters. The molecule has 0 aliphatic rings. The molecule has 3 N–H and O–H groups in total. The number of nitrogens with one attached hydrogen (secondary N) is 2. The fourth-order valence-corrected chi connectivity index (χ4v) is 3.63. The van der Waals surface area contributed by atoms with Gasteiger partial charge >= 0.3 is 0 Å². The predicted molar refractivity (Wildman–Crippen MR) is 119 cm³/mol. The predicted octanol–water partition coefficient (Wildman–Crippen LogP) is 3.77. The van der Waals surface area contributed by atoms with Gasteiger partial charge < -0.3 is 20.3 Å². The van der Waals surface area contributed by atoms with Gasteiger partial charge in [-0.25, -0.2) is 4.98 Å². The number of carbonyl (C=O) groups excluding carboxylic acids is 2. The lowest BCUT2D eigenvalue weighted by molar-refractivity contribution is -0.114. The number of rotatable bonds is 8. The van der Waals surface area contributed by atoms with Gasteiger partial charge in [0, 0.05) is 36.1 Å². The van der Waals surface area contributed by atoms with Crippen LogP contribution in [0.5, 0.6) is 0 Å². The molecule has 2 aromatic carbocycles. The summed E-state index contributed by atoms with van der Waals surface area (Å²) >= 11 is 7.23. The van der Waals surface area contributed by atoms with Crippen LogP contribution in [-0.2, 0) is 22.7 Å². The van der Waals surface area contributed by atoms with Crippen LogP contribution in [0.15, 0.2) is 59.9 Å². The Balaban J connectivity index is 1.60. The maximum Gasteiger partial charge on any atom is 0.234 e. The van der Waals surface area contributed by atoms with Crippen LogP contribution in [0.3, 0.4) is 0 Å². The van der Waals surface area contributed by atoms with Gasteiger partial charge in [-0.05, 0) is 42.0 Å². The number of imidazole rings is 1. The zero-order chi connectivity index (χ0) is 21.5. The number of thioether (sulfide) groups is 1. The zero-order valence-corrected chi connectivity index (χ0v) is 17.8. The minimum Gasteiger partial charge on any atom is -0.390 e. The van der Waals surface area contributed by atoms with Crippen LogP contribution >= 0.6 is 23.4 Å². The van der Waals surface area contributed by atoms with Crippen LogP contribution in [0.25, 0.3) is 0 Å². The molecule has 0 bridgehead atoms. The average molecular weight is 445 g/mol. The van der Waals surface area contributed by atoms with E-state index in [9.17, 15) is 14.7 Å². The molecule has 0 saturated carbocycles. The Morgan fingerprint density at radius 1 is 1.07 bits per heavy atom. The van der Waals surface area contributed by atoms with E-state index in [0.717, 1.165) is 5.56 Å². The Bertz CT molecular complexity index is 1020. The van der Waals surface area contributed by atoms with E-state index in [-0.39, 0.29) is 24.2 Å². The van der Waals surface area contributed by atoms with E-state index in [1.54, 1.807) is 30.5 Å². The van der Waals surface area contributed by atoms with E-state index >= 15 is 0 Å². The monoisotopic (exact) mass is 444 g/mol. The van der Waals surface area contributed by atoms with E-state index in [2.05, 4.69) is 15.6 Å². The van der Waals surface area contributed by atoms with Crippen LogP contribution < -0.4 is 10.6 Å². The number of carbonyl (C=O) groups is 2. The first-order valence-electron chi connectivity index (χ1n) is 9.14. The van der Waals surface area contributed by atoms with Gasteiger partial charge in [-0.3, -0.25) is 9.59 Å². The number of benzene rings is 2. The van der Waals surface area contributed by atoms with Crippen molar-refractivity contribution in [1.82, 2.24) is 9.55 Å². The molecule has 0 aliphatic heterocycles. The molecule has 1 heterocycles. The van der Waals surface area contributed by atoms with Gasteiger partial charge in [0.15, 0.2) is 5.16 Å². The SMILES string of the molecule is CC(=O)Nc1ccc(NC(=O)CSc2nc(CO)cn2Cc2ccc(Cl)cc2)cc1. The first-order valence-corrected chi connectivity index (χ1v) is 10.5. The fraction of sp³-hybridized carbons (Fsp3) is 0.190. The molecule has 1 aromatic heterocycles. The second-order valence-electron chi connectivity index (χ2n) is 6.52. The van der Waals surface area contributed by atoms with E-state index in [1.807, 2.05) is 28.8 Å². The molecular formula is C21H21ClN4O3S. The number of amides is 2. The maximum absolute atomic E-state index is 12.3. The Morgan fingerprint density at radius 3 is 2.30 bits per heavy atom. The van der Waals surface area contributed by atoms with Crippen molar-refractivity contribution >= 4 is 46.6 Å². The summed E-state index contributed by atoms with van der Waals surface area (Å²) in [6.45, 7) is 1.82. The van der Waals surface area contributed by atoms with Gasteiger partial charge in [0.25, 0.3) is 0 Å². The van der Waals surface area contributed by atoms with Crippen molar-refractivity contribution in [2.24, 2.45) is 0 Å². The highest BCUT2D eigenvalue weighted by atomic mass is 35.5. The number of hydrogen-bond donors (Lipinski definition) is 3. The molecule has 9 heteroatoms. The maximum atomic E-state index is 12.3. The second-order valence-corrected chi connectivity index (χ2v) is 7.90. The molecule has 0 aliphatic carbocycles. The van der Waals surface area contributed by atoms with Gasteiger partial charge in [-0.2, -0.15) is 0 Å². The van der Waals surface area contributed by atoms with Crippen molar-refractivity contribution < 1.29 is 14.7 Å². The summed E-state index contributed by atoms with van der Waals surface area (Å²) in [4.78, 5) is 27.8. The molecular weight excluding hydrogens is 424 g/mol. The fourth-order valence-electron chi connectivity index (χ4n) is 2.71. The summed E-state index contributed by atoms with van der Waals surface area (Å²) in [5.41, 5.74) is 2.87. The topological polar surface area (TPSA) is 96.2 Å². The molecule has 3 rings (SSSR count). The summed E-state index contributed by atoms with van der Waals surface area (Å²) in [5, 5.41) is 16.2. The third-order valence-electron chi connectivity index (χ3n) is 4.04. The van der Waals surface area contributed by atoms with E-state index in [0.29, 0.717) is 33.8 Å². The molecule has 156 valence electrons. The highest BCUT2D eigenvalue weighted by molar-refractivity contribution is 7.99. The molecule has 7 nitrogen and oxygen atoms in total. The van der Waals surface area contributed by atoms with Gasteiger partial charge in [-0.15, -0.1) is 0 Å². The van der Waals surface area contributed by atoms with Crippen molar-refractivity contribution in [3.8, 4) is 0 Å². The van der Waals surface area contributed by atoms with Crippen LogP contribution in [-0.4, -0.2) is 32.2 Å². The quantitative estimate of drug-likeness (QED) is 0.459. The number of aromatic nitrogens is 2. The lowest BCUT2D eigenvalue weighted by Crippen LogP contribution is -2.15. The summed E-state index contributed by atoms with van der Waals surface area (Å²) < 4.78 is 1.90. The lowest BCUT2D eigenvalue weighted by atomic mass is 10.2. The van der Waals surface area contributed by atoms with Crippen molar-refractivity contribution in [2.45, 2.75) is 25.2 Å². The van der Waals surface area contributed by atoms with Crippen molar-refractivity contribution in [3.63, 3.8) is 0 Å². The zero-order valence-electron chi connectivity index (χ0n) is 16.3. The standard InChI is InChI=1S/C21H21ClN4O3S/c1-14(28)23-17-6-8-18(9-7-17)24-20(29)13-30-21-25-19(12-27)11-26(21)10-15-2-4-16(22)5-3-15/h2-9,11,27H,10,12-13H2,1H3,(H,23,28)(H,24,29). The largest absolute Gasteiger partial charge is 0.390 e. The first-order chi connectivity index (χ1) is 14.4. The van der Waals surface area contributed by atoms with Gasteiger partial charge in [-0.1, -0.05) is 35.5 Å². The first kappa shape index (κ1) is 21.9. The number of halogens is 1. The van der Waals surface area contributed by atoms with Crippen molar-refractivity contribution in [1.29, 1.82) is 0 Å². The highest BCUT2D eigenvalue weighted by Gasteiger charge is 2.12. The smallest absolute Gasteiger partial charge is 0.234 e. The van der Waals surface area contributed by atoms with Crippen LogP contribution in [0.4, 0.5) is 11.4 Å². The summed E-state index contributed by atoms with van der Waals surface area (Å²) in [7, 11) is 0. The van der Waals surface area contributed by atoms with Crippen LogP contribution in [0.2, 0.25) is 5.02 Å². The molecule has 0 atom stereocenters. The third-order valence-corrected chi connectivity index (χ3v) is 5.28. The van der Waals surface area contributed by atoms with Crippen LogP contribution in [0, 0.1) is 0 Å². The average Bonchev–Trinajstić information content (AvgIpc) is 3.11. The molecule has 3 aromatic rings. The number of hydrogen-bond acceptors (Lipinski definition) is 5. The second kappa shape index (κ2) is 10.3. The van der Waals surface area contributed by atoms with Gasteiger partial charge in [0.1, 0.15) is 0 Å². The molecule has 0 fully saturated rings. The molecule has 30 heavy (non-hydrogen) atoms. The summed E-state index contributed by atoms with van der Waals surface area (Å²) in [6.07, 6.45) is 1.77. The van der Waals surface area contributed by atoms with Gasteiger partial charge in [0.05, 0.1) is 18.1 Å². The number of anilines is 2. The molecule has 0 spiro atoms. The van der Waals surface area contributed by atoms with Crippen molar-refractivity contribution in [3.05, 3.63) is 71.0 Å². The highest BCUT2D eigenvalue weighted by Crippen LogP contribution is 2.21. The van der Waals surface area contributed by atoms with E-state index in [4.69, 9.17) is 11.6 Å². The Kier molecular flexibility index (Phi) is 7.51. The Morgan fingerprint density at radius 2 is 1.70 bits per heavy atom. The summed E-state index contributed by atoms with van der Waals surface area (Å²) in [5.74, 6) is -0.172. The third kappa shape index (κ3) is 6.35. The van der Waals surface area contributed by atoms with Crippen molar-refractivity contribution in [2.75, 3.05) is 16.4 Å². The minimum absolute atomic E-state index is 0.153.